The first kappa shape index (κ1) is 16.0. The SMILES string of the molecule is CC(C)[C@H](C)C(C)O[C@H]1CC[C@H](C(C)(C)C)CC1. The van der Waals surface area contributed by atoms with Crippen LogP contribution in [-0.4, -0.2) is 12.2 Å². The lowest BCUT2D eigenvalue weighted by molar-refractivity contribution is -0.0642. The van der Waals surface area contributed by atoms with Gasteiger partial charge < -0.3 is 4.74 Å². The van der Waals surface area contributed by atoms with Crippen molar-refractivity contribution in [2.24, 2.45) is 23.2 Å². The van der Waals surface area contributed by atoms with Crippen LogP contribution in [-0.2, 0) is 4.74 Å². The molecule has 1 fully saturated rings. The maximum Gasteiger partial charge on any atom is 0.0579 e. The minimum Gasteiger partial charge on any atom is -0.375 e. The average Bonchev–Trinajstić information content (AvgIpc) is 2.27. The van der Waals surface area contributed by atoms with Crippen molar-refractivity contribution in [3.05, 3.63) is 0 Å². The zero-order valence-corrected chi connectivity index (χ0v) is 13.6. The first-order chi connectivity index (χ1) is 8.21. The third kappa shape index (κ3) is 4.57. The zero-order chi connectivity index (χ0) is 13.9. The standard InChI is InChI=1S/C17H34O/c1-12(2)13(3)14(4)18-16-10-8-15(9-11-16)17(5,6)7/h12-16H,8-11H2,1-7H3/t13-,14?,15-,16-/m0/s1. The maximum absolute atomic E-state index is 6.28. The van der Waals surface area contributed by atoms with Gasteiger partial charge >= 0.3 is 0 Å². The number of ether oxygens (including phenoxy) is 1. The van der Waals surface area contributed by atoms with E-state index in [1.807, 2.05) is 0 Å². The maximum atomic E-state index is 6.28. The molecule has 0 spiro atoms. The second-order valence-electron chi connectivity index (χ2n) is 7.78. The molecule has 1 heteroatoms. The van der Waals surface area contributed by atoms with Gasteiger partial charge in [0, 0.05) is 0 Å². The molecule has 0 aromatic rings. The Labute approximate surface area is 115 Å². The summed E-state index contributed by atoms with van der Waals surface area (Å²) in [5.41, 5.74) is 0.474. The van der Waals surface area contributed by atoms with Crippen molar-refractivity contribution in [1.29, 1.82) is 0 Å². The van der Waals surface area contributed by atoms with E-state index in [1.165, 1.54) is 25.7 Å². The largest absolute Gasteiger partial charge is 0.375 e. The normalized spacial score (nSPS) is 29.3. The van der Waals surface area contributed by atoms with Crippen LogP contribution in [0.15, 0.2) is 0 Å². The van der Waals surface area contributed by atoms with E-state index in [0.717, 1.165) is 5.92 Å². The molecule has 18 heavy (non-hydrogen) atoms. The van der Waals surface area contributed by atoms with Gasteiger partial charge in [-0.25, -0.2) is 0 Å². The molecule has 0 aromatic carbocycles. The Morgan fingerprint density at radius 3 is 1.78 bits per heavy atom. The van der Waals surface area contributed by atoms with Crippen LogP contribution in [0.2, 0.25) is 0 Å². The molecule has 1 rings (SSSR count). The Hall–Kier alpha value is -0.0400. The lowest BCUT2D eigenvalue weighted by Gasteiger charge is -2.38. The summed E-state index contributed by atoms with van der Waals surface area (Å²) in [6, 6.07) is 0. The molecule has 2 atom stereocenters. The van der Waals surface area contributed by atoms with Crippen LogP contribution in [0.1, 0.15) is 74.1 Å². The van der Waals surface area contributed by atoms with E-state index in [2.05, 4.69) is 48.5 Å². The van der Waals surface area contributed by atoms with Crippen LogP contribution in [0, 0.1) is 23.2 Å². The summed E-state index contributed by atoms with van der Waals surface area (Å²) in [5.74, 6) is 2.26. The minimum atomic E-state index is 0.404. The highest BCUT2D eigenvalue weighted by Gasteiger charge is 2.31. The van der Waals surface area contributed by atoms with E-state index in [-0.39, 0.29) is 0 Å². The Morgan fingerprint density at radius 1 is 0.889 bits per heavy atom. The lowest BCUT2D eigenvalue weighted by Crippen LogP contribution is -2.33. The summed E-state index contributed by atoms with van der Waals surface area (Å²) >= 11 is 0. The van der Waals surface area contributed by atoms with E-state index < -0.39 is 0 Å². The van der Waals surface area contributed by atoms with Gasteiger partial charge in [-0.1, -0.05) is 41.5 Å². The third-order valence-electron chi connectivity index (χ3n) is 5.10. The van der Waals surface area contributed by atoms with Crippen LogP contribution in [0.25, 0.3) is 0 Å². The number of rotatable bonds is 4. The molecule has 0 aromatic heterocycles. The molecular weight excluding hydrogens is 220 g/mol. The Bertz CT molecular complexity index is 230. The molecular formula is C17H34O. The van der Waals surface area contributed by atoms with Crippen molar-refractivity contribution in [1.82, 2.24) is 0 Å². The molecule has 0 radical (unpaired) electrons. The summed E-state index contributed by atoms with van der Waals surface area (Å²) in [7, 11) is 0. The van der Waals surface area contributed by atoms with Crippen molar-refractivity contribution in [2.45, 2.75) is 86.4 Å². The van der Waals surface area contributed by atoms with Crippen molar-refractivity contribution in [2.75, 3.05) is 0 Å². The fraction of sp³-hybridized carbons (Fsp3) is 1.00. The van der Waals surface area contributed by atoms with E-state index in [1.54, 1.807) is 0 Å². The quantitative estimate of drug-likeness (QED) is 0.662. The average molecular weight is 254 g/mol. The van der Waals surface area contributed by atoms with Gasteiger partial charge in [-0.3, -0.25) is 0 Å². The number of hydrogen-bond donors (Lipinski definition) is 0. The van der Waals surface area contributed by atoms with Crippen molar-refractivity contribution >= 4 is 0 Å². The van der Waals surface area contributed by atoms with Crippen molar-refractivity contribution in [3.63, 3.8) is 0 Å². The molecule has 1 nitrogen and oxygen atoms in total. The summed E-state index contributed by atoms with van der Waals surface area (Å²) < 4.78 is 6.28. The van der Waals surface area contributed by atoms with E-state index >= 15 is 0 Å². The topological polar surface area (TPSA) is 9.23 Å². The van der Waals surface area contributed by atoms with Gasteiger partial charge in [0.05, 0.1) is 12.2 Å². The molecule has 1 unspecified atom stereocenters. The van der Waals surface area contributed by atoms with Gasteiger partial charge in [-0.2, -0.15) is 0 Å². The van der Waals surface area contributed by atoms with Gasteiger partial charge in [0.15, 0.2) is 0 Å². The Balaban J connectivity index is 2.36. The van der Waals surface area contributed by atoms with Gasteiger partial charge in [0.2, 0.25) is 0 Å². The van der Waals surface area contributed by atoms with E-state index in [0.29, 0.717) is 29.5 Å². The summed E-state index contributed by atoms with van der Waals surface area (Å²) in [5, 5.41) is 0. The van der Waals surface area contributed by atoms with Crippen LogP contribution >= 0.6 is 0 Å². The predicted octanol–water partition coefficient (Wildman–Crippen LogP) is 5.29. The zero-order valence-electron chi connectivity index (χ0n) is 13.6. The lowest BCUT2D eigenvalue weighted by atomic mass is 9.72. The molecule has 0 heterocycles. The van der Waals surface area contributed by atoms with Crippen LogP contribution in [0.3, 0.4) is 0 Å². The van der Waals surface area contributed by atoms with Crippen LogP contribution in [0.5, 0.6) is 0 Å². The molecule has 1 aliphatic rings. The summed E-state index contributed by atoms with van der Waals surface area (Å²) in [4.78, 5) is 0. The molecule has 1 saturated carbocycles. The molecule has 0 bridgehead atoms. The molecule has 1 aliphatic carbocycles. The van der Waals surface area contributed by atoms with Crippen molar-refractivity contribution < 1.29 is 4.74 Å². The summed E-state index contributed by atoms with van der Waals surface area (Å²) in [6.07, 6.45) is 6.13. The second-order valence-corrected chi connectivity index (χ2v) is 7.78. The molecule has 0 amide bonds. The van der Waals surface area contributed by atoms with E-state index in [4.69, 9.17) is 4.74 Å². The molecule has 0 aliphatic heterocycles. The van der Waals surface area contributed by atoms with Gasteiger partial charge in [0.1, 0.15) is 0 Å². The minimum absolute atomic E-state index is 0.404. The predicted molar refractivity (Wildman–Crippen MR) is 79.8 cm³/mol. The first-order valence-corrected chi connectivity index (χ1v) is 7.87. The molecule has 0 saturated heterocycles. The highest BCUT2D eigenvalue weighted by atomic mass is 16.5. The Kier molecular flexibility index (Phi) is 5.70. The monoisotopic (exact) mass is 254 g/mol. The smallest absolute Gasteiger partial charge is 0.0579 e. The Morgan fingerprint density at radius 2 is 1.39 bits per heavy atom. The molecule has 108 valence electrons. The van der Waals surface area contributed by atoms with E-state index in [9.17, 15) is 0 Å². The fourth-order valence-corrected chi connectivity index (χ4v) is 3.03. The van der Waals surface area contributed by atoms with Gasteiger partial charge in [-0.05, 0) is 55.8 Å². The molecule has 0 N–H and O–H groups in total. The van der Waals surface area contributed by atoms with Crippen LogP contribution < -0.4 is 0 Å². The fourth-order valence-electron chi connectivity index (χ4n) is 3.03. The highest BCUT2D eigenvalue weighted by Crippen LogP contribution is 2.39. The third-order valence-corrected chi connectivity index (χ3v) is 5.10. The van der Waals surface area contributed by atoms with Gasteiger partial charge in [-0.15, -0.1) is 0 Å². The van der Waals surface area contributed by atoms with Gasteiger partial charge in [0.25, 0.3) is 0 Å². The number of hydrogen-bond acceptors (Lipinski definition) is 1. The highest BCUT2D eigenvalue weighted by molar-refractivity contribution is 4.81. The van der Waals surface area contributed by atoms with Crippen LogP contribution in [0.4, 0.5) is 0 Å². The summed E-state index contributed by atoms with van der Waals surface area (Å²) in [6.45, 7) is 16.3. The van der Waals surface area contributed by atoms with Crippen molar-refractivity contribution in [3.8, 4) is 0 Å². The first-order valence-electron chi connectivity index (χ1n) is 7.87. The second kappa shape index (κ2) is 6.41.